The molecule has 0 aromatic rings. The van der Waals surface area contributed by atoms with Crippen molar-refractivity contribution >= 4 is 19.7 Å². The number of allylic oxidation sites excluding steroid dienone is 9. The molecule has 3 atom stereocenters. The summed E-state index contributed by atoms with van der Waals surface area (Å²) in [4.78, 5) is 40.0. The van der Waals surface area contributed by atoms with Crippen LogP contribution in [0.1, 0.15) is 310 Å². The van der Waals surface area contributed by atoms with E-state index in [1.807, 2.05) is 33.3 Å². The molecule has 1 amide bonds. The zero-order valence-electron chi connectivity index (χ0n) is 52.1. The van der Waals surface area contributed by atoms with Crippen LogP contribution >= 0.6 is 7.82 Å². The fraction of sp³-hybridized carbons (Fsp3) is 0.824. The van der Waals surface area contributed by atoms with Crippen LogP contribution in [0, 0.1) is 0 Å². The van der Waals surface area contributed by atoms with E-state index in [1.165, 1.54) is 186 Å². The second-order valence-electron chi connectivity index (χ2n) is 23.6. The number of rotatable bonds is 60. The molecular formula is C68H127N2O7P. The molecule has 0 rings (SSSR count). The predicted octanol–water partition coefficient (Wildman–Crippen LogP) is 20.0. The standard InChI is InChI=1S/C68H127N2O7P/c1-7-10-13-16-19-22-25-28-30-31-32-33-34-35-36-37-38-39-40-42-45-48-51-54-57-60-67(71)69-65(64-76-78(73,74)75-63-62-70(4,5)6)66(59-56-53-50-47-44-41-27-24-21-18-15-12-9-3)77-68(72)61-58-55-52-49-46-43-29-26-23-20-17-14-11-8-2/h11,14,20,23,28-30,43,56,59,65-66H,7-10,12-13,15-19,21-22,24-27,31-42,44-55,57-58,60-64H2,1-6H3,(H-,69,71,73,74)/b14-11+,23-20+,30-28+,43-29+,59-56-. The lowest BCUT2D eigenvalue weighted by Gasteiger charge is -2.30. The number of phosphoric ester groups is 1. The Morgan fingerprint density at radius 1 is 0.462 bits per heavy atom. The molecule has 0 bridgehead atoms. The number of phosphoric acid groups is 1. The second kappa shape index (κ2) is 57.9. The number of quaternary nitrogens is 1. The molecule has 3 unspecified atom stereocenters. The number of esters is 1. The topological polar surface area (TPSA) is 114 Å². The Morgan fingerprint density at radius 2 is 0.821 bits per heavy atom. The number of carbonyl (C=O) groups excluding carboxylic acids is 2. The number of likely N-dealkylation sites (N-methyl/N-ethyl adjacent to an activating group) is 1. The highest BCUT2D eigenvalue weighted by molar-refractivity contribution is 7.45. The number of amides is 1. The van der Waals surface area contributed by atoms with Gasteiger partial charge in [-0.25, -0.2) is 0 Å². The summed E-state index contributed by atoms with van der Waals surface area (Å²) in [7, 11) is 1.18. The summed E-state index contributed by atoms with van der Waals surface area (Å²) < 4.78 is 30.3. The zero-order valence-corrected chi connectivity index (χ0v) is 53.0. The maximum atomic E-state index is 13.6. The number of ether oxygens (including phenoxy) is 1. The average Bonchev–Trinajstić information content (AvgIpc) is 3.40. The summed E-state index contributed by atoms with van der Waals surface area (Å²) in [5, 5.41) is 3.03. The Labute approximate surface area is 483 Å². The van der Waals surface area contributed by atoms with Gasteiger partial charge in [0.05, 0.1) is 33.8 Å². The first-order valence-corrected chi connectivity index (χ1v) is 34.6. The minimum Gasteiger partial charge on any atom is -0.756 e. The van der Waals surface area contributed by atoms with E-state index in [-0.39, 0.29) is 24.9 Å². The van der Waals surface area contributed by atoms with Gasteiger partial charge in [-0.2, -0.15) is 0 Å². The Morgan fingerprint density at radius 3 is 1.24 bits per heavy atom. The number of nitrogens with zero attached hydrogens (tertiary/aromatic N) is 1. The van der Waals surface area contributed by atoms with Crippen LogP contribution in [-0.4, -0.2) is 69.4 Å². The van der Waals surface area contributed by atoms with Gasteiger partial charge in [-0.3, -0.25) is 14.2 Å². The molecule has 10 heteroatoms. The molecule has 0 heterocycles. The van der Waals surface area contributed by atoms with Crippen LogP contribution in [0.15, 0.2) is 60.8 Å². The summed E-state index contributed by atoms with van der Waals surface area (Å²) in [5.41, 5.74) is 0. The lowest BCUT2D eigenvalue weighted by Crippen LogP contribution is -2.47. The fourth-order valence-electron chi connectivity index (χ4n) is 9.59. The number of unbranched alkanes of at least 4 members (excludes halogenated alkanes) is 36. The Kier molecular flexibility index (Phi) is 56.2. The Bertz CT molecular complexity index is 1520. The molecule has 0 aliphatic rings. The third-order valence-electron chi connectivity index (χ3n) is 14.7. The lowest BCUT2D eigenvalue weighted by molar-refractivity contribution is -0.870. The van der Waals surface area contributed by atoms with Crippen molar-refractivity contribution in [3.05, 3.63) is 60.8 Å². The van der Waals surface area contributed by atoms with Crippen molar-refractivity contribution in [3.8, 4) is 0 Å². The number of carbonyl (C=O) groups is 2. The summed E-state index contributed by atoms with van der Waals surface area (Å²) in [5.74, 6) is -0.558. The van der Waals surface area contributed by atoms with Gasteiger partial charge in [-0.1, -0.05) is 268 Å². The van der Waals surface area contributed by atoms with Crippen molar-refractivity contribution in [1.82, 2.24) is 5.32 Å². The second-order valence-corrected chi connectivity index (χ2v) is 25.0. The van der Waals surface area contributed by atoms with Gasteiger partial charge in [-0.15, -0.1) is 0 Å². The molecule has 9 nitrogen and oxygen atoms in total. The normalized spacial score (nSPS) is 14.0. The van der Waals surface area contributed by atoms with Crippen molar-refractivity contribution in [2.45, 2.75) is 322 Å². The van der Waals surface area contributed by atoms with Crippen LogP contribution < -0.4 is 10.2 Å². The molecule has 0 saturated heterocycles. The minimum absolute atomic E-state index is 0.0262. The van der Waals surface area contributed by atoms with E-state index in [9.17, 15) is 19.0 Å². The first-order valence-electron chi connectivity index (χ1n) is 33.1. The maximum Gasteiger partial charge on any atom is 0.306 e. The van der Waals surface area contributed by atoms with Gasteiger partial charge in [0.25, 0.3) is 7.82 Å². The van der Waals surface area contributed by atoms with E-state index < -0.39 is 26.6 Å². The van der Waals surface area contributed by atoms with Gasteiger partial charge < -0.3 is 28.5 Å². The van der Waals surface area contributed by atoms with E-state index in [0.29, 0.717) is 23.9 Å². The monoisotopic (exact) mass is 1110 g/mol. The lowest BCUT2D eigenvalue weighted by atomic mass is 10.0. The van der Waals surface area contributed by atoms with Crippen LogP contribution in [-0.2, 0) is 27.9 Å². The minimum atomic E-state index is -4.71. The molecule has 1 N–H and O–H groups in total. The summed E-state index contributed by atoms with van der Waals surface area (Å²) in [6, 6.07) is -0.898. The number of hydrogen-bond donors (Lipinski definition) is 1. The van der Waals surface area contributed by atoms with E-state index in [1.54, 1.807) is 0 Å². The number of nitrogens with one attached hydrogen (secondary N) is 1. The highest BCUT2D eigenvalue weighted by Gasteiger charge is 2.27. The molecule has 78 heavy (non-hydrogen) atoms. The smallest absolute Gasteiger partial charge is 0.306 e. The highest BCUT2D eigenvalue weighted by atomic mass is 31.2. The average molecular weight is 1120 g/mol. The highest BCUT2D eigenvalue weighted by Crippen LogP contribution is 2.38. The first-order chi connectivity index (χ1) is 37.9. The Balaban J connectivity index is 5.10. The first kappa shape index (κ1) is 75.7. The van der Waals surface area contributed by atoms with E-state index >= 15 is 0 Å². The van der Waals surface area contributed by atoms with Crippen molar-refractivity contribution < 1.29 is 37.3 Å². The maximum absolute atomic E-state index is 13.6. The SMILES string of the molecule is CC/C=C/C/C=C/C/C=C/CCCCCCC(=O)OC(/C=C\CCCCCCCCCCCCC)C(COP(=O)([O-])OCC[N+](C)(C)C)NC(=O)CCCCCCCCCCCCCCCCC/C=C/CCCCCCCC. The molecule has 0 aromatic carbocycles. The summed E-state index contributed by atoms with van der Waals surface area (Å²) in [6.45, 7) is 6.74. The van der Waals surface area contributed by atoms with Gasteiger partial charge in [-0.05, 0) is 89.5 Å². The molecule has 0 spiro atoms. The van der Waals surface area contributed by atoms with Gasteiger partial charge >= 0.3 is 5.97 Å². The van der Waals surface area contributed by atoms with Gasteiger partial charge in [0, 0.05) is 12.8 Å². The van der Waals surface area contributed by atoms with Gasteiger partial charge in [0.1, 0.15) is 19.3 Å². The van der Waals surface area contributed by atoms with Gasteiger partial charge in [0.2, 0.25) is 5.91 Å². The van der Waals surface area contributed by atoms with E-state index in [2.05, 4.69) is 74.7 Å². The molecule has 0 aromatic heterocycles. The predicted molar refractivity (Wildman–Crippen MR) is 335 cm³/mol. The molecule has 0 aliphatic carbocycles. The summed E-state index contributed by atoms with van der Waals surface area (Å²) in [6.07, 6.45) is 73.4. The van der Waals surface area contributed by atoms with Crippen LogP contribution in [0.4, 0.5) is 0 Å². The molecule has 456 valence electrons. The molecule has 0 aliphatic heterocycles. The third-order valence-corrected chi connectivity index (χ3v) is 15.6. The molecule has 0 radical (unpaired) electrons. The van der Waals surface area contributed by atoms with Crippen molar-refractivity contribution in [3.63, 3.8) is 0 Å². The van der Waals surface area contributed by atoms with E-state index in [0.717, 1.165) is 83.5 Å². The van der Waals surface area contributed by atoms with Crippen molar-refractivity contribution in [1.29, 1.82) is 0 Å². The Hall–Kier alpha value is -2.29. The zero-order chi connectivity index (χ0) is 57.2. The van der Waals surface area contributed by atoms with Gasteiger partial charge in [0.15, 0.2) is 0 Å². The largest absolute Gasteiger partial charge is 0.756 e. The van der Waals surface area contributed by atoms with Crippen LogP contribution in [0.2, 0.25) is 0 Å². The van der Waals surface area contributed by atoms with E-state index in [4.69, 9.17) is 13.8 Å². The molecule has 0 saturated carbocycles. The van der Waals surface area contributed by atoms with Crippen LogP contribution in [0.25, 0.3) is 0 Å². The fourth-order valence-corrected chi connectivity index (χ4v) is 10.3. The van der Waals surface area contributed by atoms with Crippen LogP contribution in [0.5, 0.6) is 0 Å². The third kappa shape index (κ3) is 58.4. The van der Waals surface area contributed by atoms with Crippen LogP contribution in [0.3, 0.4) is 0 Å². The van der Waals surface area contributed by atoms with Crippen molar-refractivity contribution in [2.75, 3.05) is 40.9 Å². The number of hydrogen-bond acceptors (Lipinski definition) is 7. The quantitative estimate of drug-likeness (QED) is 0.0212. The summed E-state index contributed by atoms with van der Waals surface area (Å²) >= 11 is 0. The molecule has 0 fully saturated rings. The molecular weight excluding hydrogens is 988 g/mol. The van der Waals surface area contributed by atoms with Crippen molar-refractivity contribution in [2.24, 2.45) is 0 Å².